The van der Waals surface area contributed by atoms with Crippen LogP contribution in [0.1, 0.15) is 18.1 Å². The standard InChI is InChI=1S/C14H21N3O/c1-3-16-14(18)10-15-9-11-4-5-13-12(8-11)6-7-17(13)2/h4-5,8,15H,3,6-7,9-10H2,1-2H3,(H,16,18). The quantitative estimate of drug-likeness (QED) is 0.812. The zero-order chi connectivity index (χ0) is 13.0. The smallest absolute Gasteiger partial charge is 0.233 e. The van der Waals surface area contributed by atoms with Crippen LogP contribution in [0.25, 0.3) is 0 Å². The first kappa shape index (κ1) is 12.9. The van der Waals surface area contributed by atoms with E-state index in [1.165, 1.54) is 16.8 Å². The fourth-order valence-corrected chi connectivity index (χ4v) is 2.31. The van der Waals surface area contributed by atoms with Crippen molar-refractivity contribution in [2.75, 3.05) is 31.6 Å². The molecule has 0 bridgehead atoms. The van der Waals surface area contributed by atoms with Crippen molar-refractivity contribution in [2.45, 2.75) is 19.9 Å². The molecule has 1 aromatic rings. The van der Waals surface area contributed by atoms with Gasteiger partial charge in [-0.2, -0.15) is 0 Å². The summed E-state index contributed by atoms with van der Waals surface area (Å²) in [6.07, 6.45) is 1.12. The molecule has 0 unspecified atom stereocenters. The molecule has 1 aliphatic heterocycles. The highest BCUT2D eigenvalue weighted by molar-refractivity contribution is 5.77. The molecule has 0 aromatic heterocycles. The number of benzene rings is 1. The van der Waals surface area contributed by atoms with Crippen molar-refractivity contribution in [1.82, 2.24) is 10.6 Å². The molecule has 18 heavy (non-hydrogen) atoms. The van der Waals surface area contributed by atoms with Crippen molar-refractivity contribution in [3.8, 4) is 0 Å². The summed E-state index contributed by atoms with van der Waals surface area (Å²) in [6.45, 7) is 4.84. The third kappa shape index (κ3) is 3.01. The molecule has 0 saturated carbocycles. The van der Waals surface area contributed by atoms with Gasteiger partial charge in [0.05, 0.1) is 6.54 Å². The number of carbonyl (C=O) groups is 1. The predicted molar refractivity (Wildman–Crippen MR) is 73.8 cm³/mol. The SMILES string of the molecule is CCNC(=O)CNCc1ccc2c(c1)CCN2C. The Balaban J connectivity index is 1.86. The molecule has 0 saturated heterocycles. The average molecular weight is 247 g/mol. The van der Waals surface area contributed by atoms with E-state index in [0.29, 0.717) is 13.1 Å². The van der Waals surface area contributed by atoms with Crippen LogP contribution in [0.5, 0.6) is 0 Å². The fraction of sp³-hybridized carbons (Fsp3) is 0.500. The molecule has 2 N–H and O–H groups in total. The molecule has 98 valence electrons. The average Bonchev–Trinajstić information content (AvgIpc) is 2.71. The highest BCUT2D eigenvalue weighted by Crippen LogP contribution is 2.27. The van der Waals surface area contributed by atoms with Gasteiger partial charge in [0, 0.05) is 32.4 Å². The molecule has 1 heterocycles. The number of hydrogen-bond acceptors (Lipinski definition) is 3. The van der Waals surface area contributed by atoms with E-state index in [4.69, 9.17) is 0 Å². The minimum absolute atomic E-state index is 0.0541. The summed E-state index contributed by atoms with van der Waals surface area (Å²) in [4.78, 5) is 13.6. The first-order valence-electron chi connectivity index (χ1n) is 6.51. The second-order valence-electron chi connectivity index (χ2n) is 4.69. The van der Waals surface area contributed by atoms with E-state index in [9.17, 15) is 4.79 Å². The van der Waals surface area contributed by atoms with Crippen LogP contribution in [0, 0.1) is 0 Å². The number of hydrogen-bond donors (Lipinski definition) is 2. The largest absolute Gasteiger partial charge is 0.374 e. The molecule has 0 atom stereocenters. The molecule has 0 spiro atoms. The molecule has 0 aliphatic carbocycles. The van der Waals surface area contributed by atoms with Crippen LogP contribution >= 0.6 is 0 Å². The lowest BCUT2D eigenvalue weighted by Gasteiger charge is -2.12. The number of rotatable bonds is 5. The number of likely N-dealkylation sites (N-methyl/N-ethyl adjacent to an activating group) is 2. The van der Waals surface area contributed by atoms with Crippen molar-refractivity contribution in [2.24, 2.45) is 0 Å². The molecule has 2 rings (SSSR count). The number of nitrogens with one attached hydrogen (secondary N) is 2. The molecular weight excluding hydrogens is 226 g/mol. The maximum Gasteiger partial charge on any atom is 0.233 e. The Morgan fingerprint density at radius 1 is 1.44 bits per heavy atom. The Kier molecular flexibility index (Phi) is 4.20. The van der Waals surface area contributed by atoms with E-state index >= 15 is 0 Å². The zero-order valence-corrected chi connectivity index (χ0v) is 11.1. The second-order valence-corrected chi connectivity index (χ2v) is 4.69. The Hall–Kier alpha value is -1.55. The van der Waals surface area contributed by atoms with Crippen molar-refractivity contribution >= 4 is 11.6 Å². The highest BCUT2D eigenvalue weighted by Gasteiger charge is 2.15. The third-order valence-electron chi connectivity index (χ3n) is 3.26. The van der Waals surface area contributed by atoms with Crippen molar-refractivity contribution in [3.05, 3.63) is 29.3 Å². The van der Waals surface area contributed by atoms with Crippen LogP contribution in [-0.4, -0.2) is 32.6 Å². The second kappa shape index (κ2) is 5.87. The molecule has 4 heteroatoms. The normalized spacial score (nSPS) is 13.6. The summed E-state index contributed by atoms with van der Waals surface area (Å²) in [5, 5.41) is 5.93. The number of fused-ring (bicyclic) bond motifs is 1. The molecule has 0 fully saturated rings. The first-order chi connectivity index (χ1) is 8.70. The van der Waals surface area contributed by atoms with Gasteiger partial charge < -0.3 is 15.5 Å². The van der Waals surface area contributed by atoms with Crippen LogP contribution in [0.2, 0.25) is 0 Å². The molecular formula is C14H21N3O. The van der Waals surface area contributed by atoms with Gasteiger partial charge in [0.2, 0.25) is 5.91 Å². The Labute approximate surface area is 108 Å². The summed E-state index contributed by atoms with van der Waals surface area (Å²) in [5.74, 6) is 0.0541. The molecule has 4 nitrogen and oxygen atoms in total. The Bertz CT molecular complexity index is 431. The lowest BCUT2D eigenvalue weighted by molar-refractivity contribution is -0.120. The summed E-state index contributed by atoms with van der Waals surface area (Å²) >= 11 is 0. The first-order valence-corrected chi connectivity index (χ1v) is 6.51. The van der Waals surface area contributed by atoms with Gasteiger partial charge in [0.25, 0.3) is 0 Å². The van der Waals surface area contributed by atoms with E-state index in [1.807, 2.05) is 6.92 Å². The summed E-state index contributed by atoms with van der Waals surface area (Å²) in [6, 6.07) is 6.54. The van der Waals surface area contributed by atoms with Gasteiger partial charge in [0.1, 0.15) is 0 Å². The predicted octanol–water partition coefficient (Wildman–Crippen LogP) is 0.905. The van der Waals surface area contributed by atoms with Crippen LogP contribution in [0.3, 0.4) is 0 Å². The fourth-order valence-electron chi connectivity index (χ4n) is 2.31. The van der Waals surface area contributed by atoms with Crippen molar-refractivity contribution < 1.29 is 4.79 Å². The van der Waals surface area contributed by atoms with E-state index < -0.39 is 0 Å². The van der Waals surface area contributed by atoms with Gasteiger partial charge in [-0.05, 0) is 30.5 Å². The Morgan fingerprint density at radius 2 is 2.28 bits per heavy atom. The van der Waals surface area contributed by atoms with Gasteiger partial charge in [-0.1, -0.05) is 12.1 Å². The van der Waals surface area contributed by atoms with Crippen LogP contribution < -0.4 is 15.5 Å². The maximum absolute atomic E-state index is 11.3. The molecule has 0 radical (unpaired) electrons. The minimum Gasteiger partial charge on any atom is -0.374 e. The van der Waals surface area contributed by atoms with E-state index in [0.717, 1.165) is 19.5 Å². The lowest BCUT2D eigenvalue weighted by atomic mass is 10.1. The van der Waals surface area contributed by atoms with Crippen LogP contribution in [0.4, 0.5) is 5.69 Å². The van der Waals surface area contributed by atoms with Gasteiger partial charge in [-0.25, -0.2) is 0 Å². The van der Waals surface area contributed by atoms with Gasteiger partial charge in [-0.3, -0.25) is 4.79 Å². The lowest BCUT2D eigenvalue weighted by Crippen LogP contribution is -2.33. The maximum atomic E-state index is 11.3. The van der Waals surface area contributed by atoms with Crippen molar-refractivity contribution in [1.29, 1.82) is 0 Å². The summed E-state index contributed by atoms with van der Waals surface area (Å²) < 4.78 is 0. The molecule has 1 aromatic carbocycles. The summed E-state index contributed by atoms with van der Waals surface area (Å²) in [7, 11) is 2.12. The van der Waals surface area contributed by atoms with Gasteiger partial charge in [-0.15, -0.1) is 0 Å². The van der Waals surface area contributed by atoms with Gasteiger partial charge in [0.15, 0.2) is 0 Å². The van der Waals surface area contributed by atoms with Crippen molar-refractivity contribution in [3.63, 3.8) is 0 Å². The highest BCUT2D eigenvalue weighted by atomic mass is 16.1. The third-order valence-corrected chi connectivity index (χ3v) is 3.26. The molecule has 1 aliphatic rings. The zero-order valence-electron chi connectivity index (χ0n) is 11.1. The van der Waals surface area contributed by atoms with E-state index in [2.05, 4.69) is 40.8 Å². The summed E-state index contributed by atoms with van der Waals surface area (Å²) in [5.41, 5.74) is 3.99. The minimum atomic E-state index is 0.0541. The van der Waals surface area contributed by atoms with E-state index in [1.54, 1.807) is 0 Å². The topological polar surface area (TPSA) is 44.4 Å². The number of anilines is 1. The monoisotopic (exact) mass is 247 g/mol. The number of amides is 1. The van der Waals surface area contributed by atoms with Crippen LogP contribution in [-0.2, 0) is 17.8 Å². The van der Waals surface area contributed by atoms with Gasteiger partial charge >= 0.3 is 0 Å². The number of carbonyl (C=O) groups excluding carboxylic acids is 1. The number of nitrogens with zero attached hydrogens (tertiary/aromatic N) is 1. The molecule has 1 amide bonds. The Morgan fingerprint density at radius 3 is 3.06 bits per heavy atom. The van der Waals surface area contributed by atoms with Crippen LogP contribution in [0.15, 0.2) is 18.2 Å². The van der Waals surface area contributed by atoms with E-state index in [-0.39, 0.29) is 5.91 Å².